The summed E-state index contributed by atoms with van der Waals surface area (Å²) in [6.07, 6.45) is 4.38. The molecular weight excluding hydrogens is 765 g/mol. The van der Waals surface area contributed by atoms with Crippen LogP contribution in [0.4, 0.5) is 10.7 Å². The molecule has 2 unspecified atom stereocenters. The van der Waals surface area contributed by atoms with E-state index in [-0.39, 0.29) is 17.0 Å². The van der Waals surface area contributed by atoms with E-state index >= 15 is 0 Å². The number of hydrogen-bond donors (Lipinski definition) is 3. The molecule has 1 heterocycles. The lowest BCUT2D eigenvalue weighted by Crippen LogP contribution is -2.30. The number of rotatable bonds is 10. The van der Waals surface area contributed by atoms with Crippen molar-refractivity contribution in [3.63, 3.8) is 0 Å². The molecule has 3 N–H and O–H groups in total. The summed E-state index contributed by atoms with van der Waals surface area (Å²) >= 11 is 6.31. The summed E-state index contributed by atoms with van der Waals surface area (Å²) in [6, 6.07) is 35.3. The highest BCUT2D eigenvalue weighted by Crippen LogP contribution is 2.45. The minimum atomic E-state index is -0.645. The van der Waals surface area contributed by atoms with Crippen molar-refractivity contribution in [2.45, 2.75) is 50.2 Å². The molecule has 4 aromatic carbocycles. The number of carbonyl (C=O) groups excluding carboxylic acids is 3. The van der Waals surface area contributed by atoms with Crippen LogP contribution in [0.3, 0.4) is 0 Å². The van der Waals surface area contributed by atoms with Crippen molar-refractivity contribution in [2.75, 3.05) is 10.6 Å². The fourth-order valence-corrected chi connectivity index (χ4v) is 8.89. The van der Waals surface area contributed by atoms with Crippen LogP contribution in [-0.2, 0) is 22.4 Å². The molecule has 1 aromatic heterocycles. The Morgan fingerprint density at radius 1 is 0.925 bits per heavy atom. The molecule has 0 fully saturated rings. The number of carbonyl (C=O) groups is 3. The normalized spacial score (nSPS) is 14.7. The first-order valence-electron chi connectivity index (χ1n) is 17.3. The summed E-state index contributed by atoms with van der Waals surface area (Å²) in [5.41, 5.74) is 4.31. The molecule has 1 aliphatic rings. The Morgan fingerprint density at radius 3 is 2.30 bits per heavy atom. The number of hydrogen-bond acceptors (Lipinski definition) is 6. The van der Waals surface area contributed by atoms with E-state index in [1.807, 2.05) is 72.8 Å². The highest BCUT2D eigenvalue weighted by Gasteiger charge is 2.33. The Balaban J connectivity index is 1.23. The van der Waals surface area contributed by atoms with Crippen molar-refractivity contribution in [3.05, 3.63) is 152 Å². The van der Waals surface area contributed by atoms with Crippen LogP contribution in [-0.4, -0.2) is 17.7 Å². The zero-order valence-corrected chi connectivity index (χ0v) is 32.8. The van der Waals surface area contributed by atoms with E-state index < -0.39 is 17.1 Å². The van der Waals surface area contributed by atoms with Crippen LogP contribution >= 0.6 is 39.0 Å². The van der Waals surface area contributed by atoms with Crippen LogP contribution in [0.15, 0.2) is 124 Å². The smallest absolute Gasteiger partial charge is 0.272 e. The van der Waals surface area contributed by atoms with Crippen molar-refractivity contribution in [3.8, 4) is 6.07 Å². The lowest BCUT2D eigenvalue weighted by Gasteiger charge is -2.33. The van der Waals surface area contributed by atoms with Crippen molar-refractivity contribution in [1.82, 2.24) is 5.32 Å². The summed E-state index contributed by atoms with van der Waals surface area (Å²) < 4.78 is 0.889. The standard InChI is InChI=1S/C43H39BrN4O3S2/c1-43(2,3)30-19-22-34-35(26-45)42(53-37(34)24-30)48-41(51)38(28-11-6-4-7-12-28)52-33-16-10-15-32(25-33)46-40(50)36(23-27-17-20-31(44)21-18-27)47-39(49)29-13-8-5-9-14-29/h4-18,20-21,23,25,30,38H,19,22,24H2,1-3H3,(H,46,50)(H,47,49)(H,48,51)/b36-23+. The summed E-state index contributed by atoms with van der Waals surface area (Å²) in [4.78, 5) is 42.9. The lowest BCUT2D eigenvalue weighted by molar-refractivity contribution is -0.116. The SMILES string of the molecule is CC(C)(C)C1CCc2c(sc(NC(=O)C(Sc3cccc(NC(=O)/C(=C\c4ccc(Br)cc4)NC(=O)c4ccccc4)c3)c3ccccc3)c2C#N)C1. The molecule has 0 bridgehead atoms. The molecule has 5 aromatic rings. The zero-order chi connectivity index (χ0) is 37.5. The number of amides is 3. The summed E-state index contributed by atoms with van der Waals surface area (Å²) in [5, 5.41) is 19.0. The topological polar surface area (TPSA) is 111 Å². The van der Waals surface area contributed by atoms with Crippen molar-refractivity contribution in [2.24, 2.45) is 11.3 Å². The number of nitrogens with one attached hydrogen (secondary N) is 3. The molecule has 0 aliphatic heterocycles. The first-order chi connectivity index (χ1) is 25.5. The van der Waals surface area contributed by atoms with Gasteiger partial charge < -0.3 is 16.0 Å². The van der Waals surface area contributed by atoms with E-state index in [2.05, 4.69) is 58.7 Å². The molecule has 268 valence electrons. The van der Waals surface area contributed by atoms with Gasteiger partial charge in [0.2, 0.25) is 5.91 Å². The molecule has 1 aliphatic carbocycles. The van der Waals surface area contributed by atoms with Crippen molar-refractivity contribution >= 4 is 73.5 Å². The fourth-order valence-electron chi connectivity index (χ4n) is 6.26. The number of nitriles is 1. The first-order valence-corrected chi connectivity index (χ1v) is 19.8. The highest BCUT2D eigenvalue weighted by atomic mass is 79.9. The Morgan fingerprint density at radius 2 is 1.62 bits per heavy atom. The molecule has 6 rings (SSSR count). The van der Waals surface area contributed by atoms with Crippen LogP contribution in [0, 0.1) is 22.7 Å². The van der Waals surface area contributed by atoms with Gasteiger partial charge in [-0.3, -0.25) is 14.4 Å². The molecule has 0 radical (unpaired) electrons. The van der Waals surface area contributed by atoms with Crippen LogP contribution in [0.2, 0.25) is 0 Å². The van der Waals surface area contributed by atoms with Gasteiger partial charge in [-0.15, -0.1) is 23.1 Å². The maximum atomic E-state index is 14.1. The predicted molar refractivity (Wildman–Crippen MR) is 219 cm³/mol. The van der Waals surface area contributed by atoms with Crippen LogP contribution in [0.1, 0.15) is 69.9 Å². The predicted octanol–water partition coefficient (Wildman–Crippen LogP) is 10.4. The largest absolute Gasteiger partial charge is 0.321 e. The number of thiophene rings is 1. The average molecular weight is 804 g/mol. The Kier molecular flexibility index (Phi) is 12.0. The number of nitrogens with zero attached hydrogens (tertiary/aromatic N) is 1. The van der Waals surface area contributed by atoms with E-state index in [4.69, 9.17) is 0 Å². The van der Waals surface area contributed by atoms with Gasteiger partial charge in [0.1, 0.15) is 22.0 Å². The first kappa shape index (κ1) is 37.8. The van der Waals surface area contributed by atoms with Gasteiger partial charge in [0, 0.05) is 25.5 Å². The van der Waals surface area contributed by atoms with E-state index in [0.29, 0.717) is 27.7 Å². The van der Waals surface area contributed by atoms with Crippen LogP contribution < -0.4 is 16.0 Å². The van der Waals surface area contributed by atoms with Gasteiger partial charge in [-0.25, -0.2) is 0 Å². The van der Waals surface area contributed by atoms with Gasteiger partial charge in [-0.05, 0) is 95.8 Å². The minimum Gasteiger partial charge on any atom is -0.321 e. The van der Waals surface area contributed by atoms with Gasteiger partial charge in [0.05, 0.1) is 5.56 Å². The molecule has 0 saturated heterocycles. The molecule has 2 atom stereocenters. The van der Waals surface area contributed by atoms with Gasteiger partial charge in [0.15, 0.2) is 0 Å². The number of fused-ring (bicyclic) bond motifs is 1. The number of benzene rings is 4. The number of halogens is 1. The van der Waals surface area contributed by atoms with Crippen molar-refractivity contribution in [1.29, 1.82) is 5.26 Å². The maximum Gasteiger partial charge on any atom is 0.272 e. The van der Waals surface area contributed by atoms with Crippen LogP contribution in [0.25, 0.3) is 6.08 Å². The van der Waals surface area contributed by atoms with E-state index in [1.54, 1.807) is 42.5 Å². The third kappa shape index (κ3) is 9.54. The van der Waals surface area contributed by atoms with Gasteiger partial charge in [-0.1, -0.05) is 103 Å². The Labute approximate surface area is 327 Å². The van der Waals surface area contributed by atoms with Gasteiger partial charge in [-0.2, -0.15) is 5.26 Å². The van der Waals surface area contributed by atoms with Gasteiger partial charge >= 0.3 is 0 Å². The minimum absolute atomic E-state index is 0.0709. The Bertz CT molecular complexity index is 2190. The molecule has 0 spiro atoms. The third-order valence-corrected chi connectivity index (χ3v) is 12.2. The van der Waals surface area contributed by atoms with E-state index in [9.17, 15) is 19.6 Å². The third-order valence-electron chi connectivity index (χ3n) is 9.23. The average Bonchev–Trinajstić information content (AvgIpc) is 3.51. The van der Waals surface area contributed by atoms with Crippen LogP contribution in [0.5, 0.6) is 0 Å². The monoisotopic (exact) mass is 802 g/mol. The number of anilines is 2. The molecule has 7 nitrogen and oxygen atoms in total. The van der Waals surface area contributed by atoms with E-state index in [0.717, 1.165) is 45.3 Å². The molecule has 53 heavy (non-hydrogen) atoms. The van der Waals surface area contributed by atoms with E-state index in [1.165, 1.54) is 28.0 Å². The van der Waals surface area contributed by atoms with Gasteiger partial charge in [0.25, 0.3) is 11.8 Å². The number of thioether (sulfide) groups is 1. The Hall–Kier alpha value is -4.95. The molecule has 0 saturated carbocycles. The highest BCUT2D eigenvalue weighted by molar-refractivity contribution is 9.10. The fraction of sp³-hybridized carbons (Fsp3) is 0.209. The second-order valence-corrected chi connectivity index (χ2v) is 17.1. The molecular formula is C43H39BrN4O3S2. The molecule has 3 amide bonds. The second kappa shape index (κ2) is 16.8. The zero-order valence-electron chi connectivity index (χ0n) is 29.6. The van der Waals surface area contributed by atoms with Crippen molar-refractivity contribution < 1.29 is 14.4 Å². The lowest BCUT2D eigenvalue weighted by atomic mass is 9.72. The second-order valence-electron chi connectivity index (χ2n) is 13.9. The summed E-state index contributed by atoms with van der Waals surface area (Å²) in [5.74, 6) is -0.639. The summed E-state index contributed by atoms with van der Waals surface area (Å²) in [7, 11) is 0. The molecule has 10 heteroatoms. The maximum absolute atomic E-state index is 14.1. The summed E-state index contributed by atoms with van der Waals surface area (Å²) in [6.45, 7) is 6.78. The quantitative estimate of drug-likeness (QED) is 0.0962.